The number of para-hydroxylation sites is 2. The van der Waals surface area contributed by atoms with E-state index >= 15 is 0 Å². The SMILES string of the molecule is CC1(C)c2ccccc2-c2ccc3cc4c(cc3c21)c1ccccc1n4-c1ccccc1. The molecule has 1 heterocycles. The third kappa shape index (κ3) is 2.18. The zero-order valence-corrected chi connectivity index (χ0v) is 18.3. The normalized spacial score (nSPS) is 14.2. The minimum atomic E-state index is -0.0170. The lowest BCUT2D eigenvalue weighted by Gasteiger charge is -2.23. The molecule has 0 fully saturated rings. The first-order valence-corrected chi connectivity index (χ1v) is 11.3. The monoisotopic (exact) mass is 409 g/mol. The molecule has 0 saturated heterocycles. The lowest BCUT2D eigenvalue weighted by atomic mass is 9.80. The van der Waals surface area contributed by atoms with Crippen molar-refractivity contribution < 1.29 is 0 Å². The molecule has 0 saturated carbocycles. The number of hydrogen-bond acceptors (Lipinski definition) is 0. The van der Waals surface area contributed by atoms with Crippen molar-refractivity contribution >= 4 is 32.6 Å². The molecule has 1 heteroatoms. The average Bonchev–Trinajstić information content (AvgIpc) is 3.27. The molecule has 1 aliphatic carbocycles. The fourth-order valence-electron chi connectivity index (χ4n) is 5.94. The van der Waals surface area contributed by atoms with E-state index in [-0.39, 0.29) is 5.41 Å². The second-order valence-corrected chi connectivity index (χ2v) is 9.44. The van der Waals surface area contributed by atoms with E-state index in [0.717, 1.165) is 0 Å². The van der Waals surface area contributed by atoms with Crippen LogP contribution in [0.3, 0.4) is 0 Å². The molecular weight excluding hydrogens is 386 g/mol. The van der Waals surface area contributed by atoms with E-state index in [2.05, 4.69) is 122 Å². The maximum Gasteiger partial charge on any atom is 0.0547 e. The van der Waals surface area contributed by atoms with Crippen molar-refractivity contribution in [1.29, 1.82) is 0 Å². The summed E-state index contributed by atoms with van der Waals surface area (Å²) in [5, 5.41) is 5.29. The predicted molar refractivity (Wildman–Crippen MR) is 136 cm³/mol. The first kappa shape index (κ1) is 17.8. The molecule has 0 N–H and O–H groups in total. The van der Waals surface area contributed by atoms with Crippen LogP contribution < -0.4 is 0 Å². The van der Waals surface area contributed by atoms with Crippen molar-refractivity contribution in [1.82, 2.24) is 4.57 Å². The molecule has 1 aromatic heterocycles. The van der Waals surface area contributed by atoms with Crippen LogP contribution in [0, 0.1) is 0 Å². The van der Waals surface area contributed by atoms with Gasteiger partial charge < -0.3 is 4.57 Å². The van der Waals surface area contributed by atoms with Gasteiger partial charge in [-0.2, -0.15) is 0 Å². The van der Waals surface area contributed by atoms with Crippen LogP contribution in [0.5, 0.6) is 0 Å². The summed E-state index contributed by atoms with van der Waals surface area (Å²) in [6.45, 7) is 4.74. The molecule has 7 rings (SSSR count). The molecule has 5 aromatic carbocycles. The first-order valence-electron chi connectivity index (χ1n) is 11.3. The van der Waals surface area contributed by atoms with Crippen LogP contribution in [0.25, 0.3) is 49.4 Å². The van der Waals surface area contributed by atoms with Gasteiger partial charge in [-0.15, -0.1) is 0 Å². The molecule has 0 atom stereocenters. The number of fused-ring (bicyclic) bond motifs is 8. The van der Waals surface area contributed by atoms with Gasteiger partial charge in [-0.05, 0) is 63.4 Å². The molecule has 152 valence electrons. The Bertz CT molecular complexity index is 1680. The Morgan fingerprint density at radius 1 is 0.562 bits per heavy atom. The van der Waals surface area contributed by atoms with Crippen molar-refractivity contribution in [2.45, 2.75) is 19.3 Å². The van der Waals surface area contributed by atoms with Gasteiger partial charge in [0.1, 0.15) is 0 Å². The summed E-state index contributed by atoms with van der Waals surface area (Å²) in [4.78, 5) is 0. The molecule has 0 unspecified atom stereocenters. The van der Waals surface area contributed by atoms with Gasteiger partial charge in [0.25, 0.3) is 0 Å². The van der Waals surface area contributed by atoms with E-state index in [0.29, 0.717) is 0 Å². The number of hydrogen-bond donors (Lipinski definition) is 0. The second-order valence-electron chi connectivity index (χ2n) is 9.44. The quantitative estimate of drug-likeness (QED) is 0.258. The maximum atomic E-state index is 2.44. The summed E-state index contributed by atoms with van der Waals surface area (Å²) < 4.78 is 2.40. The third-order valence-corrected chi connectivity index (χ3v) is 7.34. The van der Waals surface area contributed by atoms with Crippen LogP contribution in [0.4, 0.5) is 0 Å². The molecule has 0 amide bonds. The highest BCUT2D eigenvalue weighted by Gasteiger charge is 2.36. The van der Waals surface area contributed by atoms with Crippen molar-refractivity contribution in [3.05, 3.63) is 114 Å². The molecule has 0 radical (unpaired) electrons. The Morgan fingerprint density at radius 2 is 1.31 bits per heavy atom. The summed E-state index contributed by atoms with van der Waals surface area (Å²) >= 11 is 0. The number of rotatable bonds is 1. The molecular formula is C31H23N. The highest BCUT2D eigenvalue weighted by atomic mass is 15.0. The van der Waals surface area contributed by atoms with Gasteiger partial charge in [0.2, 0.25) is 0 Å². The van der Waals surface area contributed by atoms with Gasteiger partial charge in [-0.3, -0.25) is 0 Å². The van der Waals surface area contributed by atoms with Crippen molar-refractivity contribution in [3.63, 3.8) is 0 Å². The largest absolute Gasteiger partial charge is 0.309 e. The Hall–Kier alpha value is -3.84. The van der Waals surface area contributed by atoms with Gasteiger partial charge in [-0.25, -0.2) is 0 Å². The standard InChI is InChI=1S/C31H23N/c1-31(2)27-14-8-6-12-22(27)24-17-16-20-18-29-26(19-25(20)30(24)31)23-13-7-9-15-28(23)32(29)21-10-4-3-5-11-21/h3-19H,1-2H3. The van der Waals surface area contributed by atoms with E-state index < -0.39 is 0 Å². The zero-order chi connectivity index (χ0) is 21.4. The van der Waals surface area contributed by atoms with Crippen LogP contribution in [0.2, 0.25) is 0 Å². The van der Waals surface area contributed by atoms with E-state index in [4.69, 9.17) is 0 Å². The summed E-state index contributed by atoms with van der Waals surface area (Å²) in [5.74, 6) is 0. The van der Waals surface area contributed by atoms with E-state index in [1.807, 2.05) is 0 Å². The molecule has 1 nitrogen and oxygen atoms in total. The summed E-state index contributed by atoms with van der Waals surface area (Å²) in [6, 6.07) is 37.8. The number of benzene rings is 5. The maximum absolute atomic E-state index is 2.44. The highest BCUT2D eigenvalue weighted by Crippen LogP contribution is 2.51. The Morgan fingerprint density at radius 3 is 2.19 bits per heavy atom. The van der Waals surface area contributed by atoms with Gasteiger partial charge >= 0.3 is 0 Å². The minimum Gasteiger partial charge on any atom is -0.309 e. The minimum absolute atomic E-state index is 0.0170. The first-order chi connectivity index (χ1) is 15.6. The number of aromatic nitrogens is 1. The topological polar surface area (TPSA) is 4.93 Å². The third-order valence-electron chi connectivity index (χ3n) is 7.34. The smallest absolute Gasteiger partial charge is 0.0547 e. The number of nitrogens with zero attached hydrogens (tertiary/aromatic N) is 1. The van der Waals surface area contributed by atoms with Gasteiger partial charge in [0.05, 0.1) is 11.0 Å². The van der Waals surface area contributed by atoms with Gasteiger partial charge in [0, 0.05) is 21.9 Å². The van der Waals surface area contributed by atoms with Crippen molar-refractivity contribution in [2.24, 2.45) is 0 Å². The zero-order valence-electron chi connectivity index (χ0n) is 18.3. The second kappa shape index (κ2) is 6.11. The highest BCUT2D eigenvalue weighted by molar-refractivity contribution is 6.15. The summed E-state index contributed by atoms with van der Waals surface area (Å²) in [7, 11) is 0. The van der Waals surface area contributed by atoms with Crippen LogP contribution in [0.1, 0.15) is 25.0 Å². The molecule has 6 aromatic rings. The lowest BCUT2D eigenvalue weighted by molar-refractivity contribution is 0.666. The summed E-state index contributed by atoms with van der Waals surface area (Å²) in [5.41, 5.74) is 9.33. The van der Waals surface area contributed by atoms with Crippen LogP contribution in [0.15, 0.2) is 103 Å². The van der Waals surface area contributed by atoms with Crippen LogP contribution >= 0.6 is 0 Å². The van der Waals surface area contributed by atoms with E-state index in [1.54, 1.807) is 0 Å². The summed E-state index contributed by atoms with van der Waals surface area (Å²) in [6.07, 6.45) is 0. The Kier molecular flexibility index (Phi) is 3.40. The van der Waals surface area contributed by atoms with Crippen LogP contribution in [-0.2, 0) is 5.41 Å². The Labute approximate surface area is 187 Å². The van der Waals surface area contributed by atoms with Gasteiger partial charge in [-0.1, -0.05) is 86.6 Å². The van der Waals surface area contributed by atoms with E-state index in [1.165, 1.54) is 60.5 Å². The molecule has 0 spiro atoms. The molecule has 32 heavy (non-hydrogen) atoms. The predicted octanol–water partition coefficient (Wildman–Crippen LogP) is 8.24. The molecule has 0 aliphatic heterocycles. The Balaban J connectivity index is 1.64. The average molecular weight is 410 g/mol. The fourth-order valence-corrected chi connectivity index (χ4v) is 5.94. The van der Waals surface area contributed by atoms with Crippen LogP contribution in [-0.4, -0.2) is 4.57 Å². The lowest BCUT2D eigenvalue weighted by Crippen LogP contribution is -2.15. The fraction of sp³-hybridized carbons (Fsp3) is 0.0968. The molecule has 0 bridgehead atoms. The van der Waals surface area contributed by atoms with Gasteiger partial charge in [0.15, 0.2) is 0 Å². The van der Waals surface area contributed by atoms with E-state index in [9.17, 15) is 0 Å². The molecule has 1 aliphatic rings. The van der Waals surface area contributed by atoms with Crippen molar-refractivity contribution in [2.75, 3.05) is 0 Å². The van der Waals surface area contributed by atoms with Crippen molar-refractivity contribution in [3.8, 4) is 16.8 Å².